The van der Waals surface area contributed by atoms with E-state index in [1.165, 1.54) is 60.7 Å². The van der Waals surface area contributed by atoms with Crippen molar-refractivity contribution in [3.05, 3.63) is 98.3 Å². The van der Waals surface area contributed by atoms with Gasteiger partial charge in [-0.05, 0) is 61.0 Å². The van der Waals surface area contributed by atoms with Crippen molar-refractivity contribution in [1.29, 1.82) is 0 Å². The van der Waals surface area contributed by atoms with E-state index < -0.39 is 28.5 Å². The van der Waals surface area contributed by atoms with Crippen molar-refractivity contribution in [2.45, 2.75) is 6.92 Å². The Balaban J connectivity index is 1.61. The molecule has 0 spiro atoms. The highest BCUT2D eigenvalue weighted by atomic mass is 79.9. The minimum atomic E-state index is -1.11. The number of para-hydroxylation sites is 1. The number of rotatable bonds is 6. The SMILES string of the molecule is CC(=NNC(=O)C(=O)Nc1ccc(Br)cc1F)c1ccc(OC(=O)c2ccccc2[N+](=O)[O-])cc1. The fourth-order valence-electron chi connectivity index (χ4n) is 2.75. The number of esters is 1. The Morgan fingerprint density at radius 1 is 1.03 bits per heavy atom. The second-order valence-electron chi connectivity index (χ2n) is 6.90. The van der Waals surface area contributed by atoms with Crippen molar-refractivity contribution in [1.82, 2.24) is 5.43 Å². The van der Waals surface area contributed by atoms with E-state index in [4.69, 9.17) is 4.74 Å². The molecule has 0 saturated heterocycles. The van der Waals surface area contributed by atoms with Gasteiger partial charge in [-0.3, -0.25) is 19.7 Å². The molecule has 0 atom stereocenters. The van der Waals surface area contributed by atoms with Gasteiger partial charge in [0, 0.05) is 10.5 Å². The third kappa shape index (κ3) is 6.54. The number of nitrogens with zero attached hydrogens (tertiary/aromatic N) is 2. The number of nitro benzene ring substituents is 1. The van der Waals surface area contributed by atoms with Crippen LogP contribution >= 0.6 is 15.9 Å². The van der Waals surface area contributed by atoms with Crippen molar-refractivity contribution in [2.75, 3.05) is 5.32 Å². The van der Waals surface area contributed by atoms with Gasteiger partial charge in [0.05, 0.1) is 16.3 Å². The van der Waals surface area contributed by atoms with Gasteiger partial charge >= 0.3 is 17.8 Å². The van der Waals surface area contributed by atoms with Crippen molar-refractivity contribution in [2.24, 2.45) is 5.10 Å². The number of carbonyl (C=O) groups is 3. The summed E-state index contributed by atoms with van der Waals surface area (Å²) < 4.78 is 19.5. The first-order chi connectivity index (χ1) is 16.7. The van der Waals surface area contributed by atoms with E-state index in [0.29, 0.717) is 15.7 Å². The number of nitrogens with one attached hydrogen (secondary N) is 2. The number of anilines is 1. The Hall–Kier alpha value is -4.45. The first-order valence-corrected chi connectivity index (χ1v) is 10.6. The molecule has 0 aliphatic heterocycles. The van der Waals surface area contributed by atoms with Gasteiger partial charge in [-0.15, -0.1) is 0 Å². The second-order valence-corrected chi connectivity index (χ2v) is 7.82. The Labute approximate surface area is 206 Å². The number of amides is 2. The first-order valence-electron chi connectivity index (χ1n) is 9.82. The number of hydrazone groups is 1. The number of halogens is 2. The zero-order valence-corrected chi connectivity index (χ0v) is 19.5. The molecule has 0 aliphatic rings. The third-order valence-corrected chi connectivity index (χ3v) is 5.01. The van der Waals surface area contributed by atoms with Gasteiger partial charge in [-0.1, -0.05) is 28.1 Å². The van der Waals surface area contributed by atoms with Gasteiger partial charge in [0.15, 0.2) is 0 Å². The third-order valence-electron chi connectivity index (χ3n) is 4.51. The van der Waals surface area contributed by atoms with Crippen LogP contribution in [-0.4, -0.2) is 28.4 Å². The van der Waals surface area contributed by atoms with E-state index in [1.54, 1.807) is 6.92 Å². The van der Waals surface area contributed by atoms with E-state index in [1.807, 2.05) is 0 Å². The summed E-state index contributed by atoms with van der Waals surface area (Å²) in [6, 6.07) is 15.3. The molecule has 0 aliphatic carbocycles. The van der Waals surface area contributed by atoms with Crippen LogP contribution in [0.15, 0.2) is 76.3 Å². The van der Waals surface area contributed by atoms with Crippen LogP contribution in [-0.2, 0) is 9.59 Å². The molecule has 10 nitrogen and oxygen atoms in total. The number of hydrogen-bond donors (Lipinski definition) is 2. The summed E-state index contributed by atoms with van der Waals surface area (Å²) in [5.74, 6) is -3.70. The molecule has 3 aromatic carbocycles. The highest BCUT2D eigenvalue weighted by Gasteiger charge is 2.21. The average molecular weight is 543 g/mol. The molecule has 0 bridgehead atoms. The van der Waals surface area contributed by atoms with Gasteiger partial charge < -0.3 is 10.1 Å². The van der Waals surface area contributed by atoms with Crippen LogP contribution in [0.25, 0.3) is 0 Å². The van der Waals surface area contributed by atoms with Gasteiger partial charge in [0.25, 0.3) is 5.69 Å². The number of carbonyl (C=O) groups excluding carboxylic acids is 3. The quantitative estimate of drug-likeness (QED) is 0.119. The maximum Gasteiger partial charge on any atom is 0.350 e. The summed E-state index contributed by atoms with van der Waals surface area (Å²) in [6.07, 6.45) is 0. The normalized spacial score (nSPS) is 10.9. The fourth-order valence-corrected chi connectivity index (χ4v) is 3.08. The van der Waals surface area contributed by atoms with Gasteiger partial charge in [-0.2, -0.15) is 5.10 Å². The average Bonchev–Trinajstić information content (AvgIpc) is 2.84. The lowest BCUT2D eigenvalue weighted by Crippen LogP contribution is -2.33. The highest BCUT2D eigenvalue weighted by Crippen LogP contribution is 2.21. The van der Waals surface area contributed by atoms with Crippen LogP contribution in [0.2, 0.25) is 0 Å². The van der Waals surface area contributed by atoms with Gasteiger partial charge in [-0.25, -0.2) is 14.6 Å². The Kier molecular flexibility index (Phi) is 8.00. The molecule has 2 amide bonds. The monoisotopic (exact) mass is 542 g/mol. The van der Waals surface area contributed by atoms with Crippen molar-refractivity contribution in [3.8, 4) is 5.75 Å². The van der Waals surface area contributed by atoms with Crippen molar-refractivity contribution in [3.63, 3.8) is 0 Å². The predicted molar refractivity (Wildman–Crippen MR) is 128 cm³/mol. The molecule has 0 radical (unpaired) electrons. The van der Waals surface area contributed by atoms with Crippen LogP contribution in [0, 0.1) is 15.9 Å². The van der Waals surface area contributed by atoms with Crippen LogP contribution in [0.5, 0.6) is 5.75 Å². The Morgan fingerprint density at radius 2 is 1.71 bits per heavy atom. The maximum absolute atomic E-state index is 13.8. The molecule has 178 valence electrons. The van der Waals surface area contributed by atoms with Crippen LogP contribution in [0.4, 0.5) is 15.8 Å². The summed E-state index contributed by atoms with van der Waals surface area (Å²) in [5.41, 5.74) is 2.18. The summed E-state index contributed by atoms with van der Waals surface area (Å²) in [7, 11) is 0. The summed E-state index contributed by atoms with van der Waals surface area (Å²) in [6.45, 7) is 1.56. The molecular weight excluding hydrogens is 527 g/mol. The molecule has 35 heavy (non-hydrogen) atoms. The van der Waals surface area contributed by atoms with E-state index in [9.17, 15) is 28.9 Å². The van der Waals surface area contributed by atoms with Crippen LogP contribution in [0.3, 0.4) is 0 Å². The van der Waals surface area contributed by atoms with E-state index in [-0.39, 0.29) is 22.7 Å². The van der Waals surface area contributed by atoms with Crippen LogP contribution in [0.1, 0.15) is 22.8 Å². The zero-order chi connectivity index (χ0) is 25.5. The summed E-state index contributed by atoms with van der Waals surface area (Å²) >= 11 is 3.09. The fraction of sp³-hybridized carbons (Fsp3) is 0.0435. The van der Waals surface area contributed by atoms with Gasteiger partial charge in [0.2, 0.25) is 0 Å². The first kappa shape index (κ1) is 25.2. The number of benzene rings is 3. The Bertz CT molecular complexity index is 1340. The molecule has 3 rings (SSSR count). The summed E-state index contributed by atoms with van der Waals surface area (Å²) in [4.78, 5) is 46.7. The van der Waals surface area contributed by atoms with Crippen LogP contribution < -0.4 is 15.5 Å². The number of ether oxygens (including phenoxy) is 1. The number of hydrogen-bond acceptors (Lipinski definition) is 7. The summed E-state index contributed by atoms with van der Waals surface area (Å²) in [5, 5.41) is 17.1. The molecule has 2 N–H and O–H groups in total. The van der Waals surface area contributed by atoms with Crippen molar-refractivity contribution >= 4 is 50.8 Å². The van der Waals surface area contributed by atoms with E-state index in [2.05, 4.69) is 31.8 Å². The predicted octanol–water partition coefficient (Wildman–Crippen LogP) is 4.19. The lowest BCUT2D eigenvalue weighted by atomic mass is 10.1. The zero-order valence-electron chi connectivity index (χ0n) is 18.0. The molecule has 0 aromatic heterocycles. The Morgan fingerprint density at radius 3 is 2.37 bits per heavy atom. The minimum Gasteiger partial charge on any atom is -0.423 e. The van der Waals surface area contributed by atoms with Crippen molar-refractivity contribution < 1.29 is 28.4 Å². The second kappa shape index (κ2) is 11.1. The molecule has 12 heteroatoms. The molecule has 0 fully saturated rings. The smallest absolute Gasteiger partial charge is 0.350 e. The lowest BCUT2D eigenvalue weighted by molar-refractivity contribution is -0.385. The highest BCUT2D eigenvalue weighted by molar-refractivity contribution is 9.10. The molecule has 0 unspecified atom stereocenters. The number of nitro groups is 1. The molecule has 3 aromatic rings. The maximum atomic E-state index is 13.8. The minimum absolute atomic E-state index is 0.129. The molecular formula is C23H16BrFN4O6. The van der Waals surface area contributed by atoms with Gasteiger partial charge in [0.1, 0.15) is 17.1 Å². The topological polar surface area (TPSA) is 140 Å². The molecule has 0 heterocycles. The lowest BCUT2D eigenvalue weighted by Gasteiger charge is -2.07. The standard InChI is InChI=1S/C23H16BrFN4O6/c1-13(27-28-22(31)21(30)26-19-11-8-15(24)12-18(19)25)14-6-9-16(10-7-14)35-23(32)17-4-2-3-5-20(17)29(33)34/h2-12H,1H3,(H,26,30)(H,28,31). The largest absolute Gasteiger partial charge is 0.423 e. The van der Waals surface area contributed by atoms with E-state index in [0.717, 1.165) is 6.07 Å². The molecule has 0 saturated carbocycles. The van der Waals surface area contributed by atoms with E-state index >= 15 is 0 Å².